The van der Waals surface area contributed by atoms with Gasteiger partial charge in [-0.05, 0) is 31.4 Å². The molecular weight excluding hydrogens is 214 g/mol. The minimum atomic E-state index is 0.124. The first-order chi connectivity index (χ1) is 8.22. The van der Waals surface area contributed by atoms with E-state index in [1.165, 1.54) is 0 Å². The molecule has 0 aliphatic carbocycles. The van der Waals surface area contributed by atoms with Crippen molar-refractivity contribution in [2.45, 2.75) is 38.8 Å². The number of hydrogen-bond donors (Lipinski definition) is 1. The van der Waals surface area contributed by atoms with E-state index in [1.807, 2.05) is 27.8 Å². The van der Waals surface area contributed by atoms with E-state index in [0.717, 1.165) is 38.0 Å². The molecule has 2 rings (SSSR count). The molecule has 17 heavy (non-hydrogen) atoms. The molecule has 0 saturated carbocycles. The summed E-state index contributed by atoms with van der Waals surface area (Å²) in [5, 5.41) is 0. The lowest BCUT2D eigenvalue weighted by Crippen LogP contribution is -2.46. The summed E-state index contributed by atoms with van der Waals surface area (Å²) in [6.07, 6.45) is 5.05. The number of nitrogens with two attached hydrogens (primary N) is 1. The second-order valence-electron chi connectivity index (χ2n) is 4.74. The maximum Gasteiger partial charge on any atom is 0.270 e. The minimum absolute atomic E-state index is 0.124. The predicted molar refractivity (Wildman–Crippen MR) is 67.8 cm³/mol. The van der Waals surface area contributed by atoms with Crippen molar-refractivity contribution in [1.29, 1.82) is 0 Å². The first-order valence-electron chi connectivity index (χ1n) is 6.42. The highest BCUT2D eigenvalue weighted by atomic mass is 16.2. The average Bonchev–Trinajstić information content (AvgIpc) is 2.77. The topological polar surface area (TPSA) is 51.3 Å². The molecule has 1 atom stereocenters. The van der Waals surface area contributed by atoms with Gasteiger partial charge in [0.25, 0.3) is 5.91 Å². The zero-order chi connectivity index (χ0) is 12.3. The Morgan fingerprint density at radius 2 is 2.41 bits per heavy atom. The Kier molecular flexibility index (Phi) is 3.84. The van der Waals surface area contributed by atoms with E-state index < -0.39 is 0 Å². The molecule has 1 fully saturated rings. The monoisotopic (exact) mass is 235 g/mol. The number of hydrogen-bond acceptors (Lipinski definition) is 2. The molecule has 94 valence electrons. The first kappa shape index (κ1) is 12.2. The summed E-state index contributed by atoms with van der Waals surface area (Å²) in [5.41, 5.74) is 6.70. The van der Waals surface area contributed by atoms with Gasteiger partial charge in [-0.1, -0.05) is 6.92 Å². The Balaban J connectivity index is 2.10. The van der Waals surface area contributed by atoms with E-state index in [4.69, 9.17) is 5.73 Å². The van der Waals surface area contributed by atoms with Gasteiger partial charge in [-0.15, -0.1) is 0 Å². The maximum absolute atomic E-state index is 12.4. The predicted octanol–water partition coefficient (Wildman–Crippen LogP) is 1.46. The van der Waals surface area contributed by atoms with Crippen LogP contribution in [0.1, 0.15) is 36.7 Å². The average molecular weight is 235 g/mol. The van der Waals surface area contributed by atoms with E-state index in [-0.39, 0.29) is 11.9 Å². The first-order valence-corrected chi connectivity index (χ1v) is 6.42. The number of rotatable bonds is 3. The quantitative estimate of drug-likeness (QED) is 0.862. The fraction of sp³-hybridized carbons (Fsp3) is 0.615. The van der Waals surface area contributed by atoms with E-state index in [2.05, 4.69) is 6.92 Å². The van der Waals surface area contributed by atoms with E-state index in [0.29, 0.717) is 6.54 Å². The molecule has 2 heterocycles. The fourth-order valence-corrected chi connectivity index (χ4v) is 2.40. The molecule has 1 aliphatic heterocycles. The van der Waals surface area contributed by atoms with Gasteiger partial charge in [-0.2, -0.15) is 0 Å². The molecule has 4 nitrogen and oxygen atoms in total. The van der Waals surface area contributed by atoms with Gasteiger partial charge in [0, 0.05) is 31.9 Å². The molecular formula is C13H21N3O. The maximum atomic E-state index is 12.4. The summed E-state index contributed by atoms with van der Waals surface area (Å²) in [7, 11) is 0. The van der Waals surface area contributed by atoms with Gasteiger partial charge < -0.3 is 15.2 Å². The van der Waals surface area contributed by atoms with Crippen LogP contribution in [0.5, 0.6) is 0 Å². The third kappa shape index (κ3) is 2.69. The largest absolute Gasteiger partial charge is 0.344 e. The molecule has 2 N–H and O–H groups in total. The number of carbonyl (C=O) groups is 1. The number of aromatic nitrogens is 1. The Bertz CT molecular complexity index is 386. The van der Waals surface area contributed by atoms with Crippen molar-refractivity contribution in [2.24, 2.45) is 5.73 Å². The van der Waals surface area contributed by atoms with Gasteiger partial charge in [0.05, 0.1) is 0 Å². The molecule has 1 unspecified atom stereocenters. The number of likely N-dealkylation sites (tertiary alicyclic amines) is 1. The van der Waals surface area contributed by atoms with E-state index >= 15 is 0 Å². The van der Waals surface area contributed by atoms with Crippen molar-refractivity contribution in [1.82, 2.24) is 9.47 Å². The summed E-state index contributed by atoms with van der Waals surface area (Å²) in [6.45, 7) is 4.54. The van der Waals surface area contributed by atoms with Gasteiger partial charge >= 0.3 is 0 Å². The number of carbonyl (C=O) groups excluding carboxylic acids is 1. The molecule has 0 aromatic carbocycles. The molecule has 1 saturated heterocycles. The van der Waals surface area contributed by atoms with Crippen LogP contribution in [0.4, 0.5) is 0 Å². The Labute approximate surface area is 102 Å². The third-order valence-corrected chi connectivity index (χ3v) is 3.26. The van der Waals surface area contributed by atoms with Gasteiger partial charge in [0.15, 0.2) is 0 Å². The summed E-state index contributed by atoms with van der Waals surface area (Å²) < 4.78 is 2.03. The van der Waals surface area contributed by atoms with Crippen LogP contribution in [0.25, 0.3) is 0 Å². The van der Waals surface area contributed by atoms with Crippen molar-refractivity contribution in [2.75, 3.05) is 13.1 Å². The van der Waals surface area contributed by atoms with Gasteiger partial charge in [0.2, 0.25) is 0 Å². The van der Waals surface area contributed by atoms with Crippen LogP contribution in [-0.4, -0.2) is 34.5 Å². The Morgan fingerprint density at radius 1 is 1.59 bits per heavy atom. The third-order valence-electron chi connectivity index (χ3n) is 3.26. The minimum Gasteiger partial charge on any atom is -0.344 e. The molecule has 0 radical (unpaired) electrons. The smallest absolute Gasteiger partial charge is 0.270 e. The van der Waals surface area contributed by atoms with Crippen LogP contribution in [0, 0.1) is 0 Å². The second kappa shape index (κ2) is 5.36. The molecule has 1 aliphatic rings. The van der Waals surface area contributed by atoms with Crippen molar-refractivity contribution < 1.29 is 4.79 Å². The summed E-state index contributed by atoms with van der Waals surface area (Å²) in [5.74, 6) is 0.124. The van der Waals surface area contributed by atoms with Crippen molar-refractivity contribution in [3.63, 3.8) is 0 Å². The van der Waals surface area contributed by atoms with E-state index in [1.54, 1.807) is 0 Å². The van der Waals surface area contributed by atoms with Gasteiger partial charge in [-0.3, -0.25) is 4.79 Å². The molecule has 0 spiro atoms. The van der Waals surface area contributed by atoms with Crippen molar-refractivity contribution >= 4 is 5.91 Å². The highest BCUT2D eigenvalue weighted by Gasteiger charge is 2.23. The molecule has 1 amide bonds. The number of nitrogens with zero attached hydrogens (tertiary/aromatic N) is 2. The van der Waals surface area contributed by atoms with Crippen LogP contribution < -0.4 is 5.73 Å². The SMILES string of the molecule is CCCn1cccc1C(=O)N1CCCC(N)C1. The normalized spacial score (nSPS) is 20.6. The number of aryl methyl sites for hydroxylation is 1. The highest BCUT2D eigenvalue weighted by Crippen LogP contribution is 2.13. The number of piperidine rings is 1. The lowest BCUT2D eigenvalue weighted by molar-refractivity contribution is 0.0697. The summed E-state index contributed by atoms with van der Waals surface area (Å²) in [6, 6.07) is 3.98. The second-order valence-corrected chi connectivity index (χ2v) is 4.74. The molecule has 0 bridgehead atoms. The summed E-state index contributed by atoms with van der Waals surface area (Å²) >= 11 is 0. The van der Waals surface area contributed by atoms with Gasteiger partial charge in [-0.25, -0.2) is 0 Å². The Hall–Kier alpha value is -1.29. The zero-order valence-electron chi connectivity index (χ0n) is 10.4. The van der Waals surface area contributed by atoms with Crippen LogP contribution in [0.3, 0.4) is 0 Å². The van der Waals surface area contributed by atoms with Crippen LogP contribution >= 0.6 is 0 Å². The zero-order valence-corrected chi connectivity index (χ0v) is 10.4. The van der Waals surface area contributed by atoms with Crippen molar-refractivity contribution in [3.05, 3.63) is 24.0 Å². The van der Waals surface area contributed by atoms with E-state index in [9.17, 15) is 4.79 Å². The molecule has 1 aromatic heterocycles. The number of amides is 1. The standard InChI is InChI=1S/C13H21N3O/c1-2-7-15-8-4-6-12(15)13(17)16-9-3-5-11(14)10-16/h4,6,8,11H,2-3,5,7,9-10,14H2,1H3. The molecule has 1 aromatic rings. The lowest BCUT2D eigenvalue weighted by atomic mass is 10.1. The van der Waals surface area contributed by atoms with Crippen LogP contribution in [0.2, 0.25) is 0 Å². The fourth-order valence-electron chi connectivity index (χ4n) is 2.40. The molecule has 4 heteroatoms. The lowest BCUT2D eigenvalue weighted by Gasteiger charge is -2.31. The van der Waals surface area contributed by atoms with Gasteiger partial charge in [0.1, 0.15) is 5.69 Å². The highest BCUT2D eigenvalue weighted by molar-refractivity contribution is 5.92. The summed E-state index contributed by atoms with van der Waals surface area (Å²) in [4.78, 5) is 14.2. The van der Waals surface area contributed by atoms with Crippen LogP contribution in [0.15, 0.2) is 18.3 Å². The van der Waals surface area contributed by atoms with Crippen molar-refractivity contribution in [3.8, 4) is 0 Å². The van der Waals surface area contributed by atoms with Crippen LogP contribution in [-0.2, 0) is 6.54 Å². The Morgan fingerprint density at radius 3 is 3.12 bits per heavy atom.